The Labute approximate surface area is 91.5 Å². The monoisotopic (exact) mass is 224 g/mol. The van der Waals surface area contributed by atoms with Crippen molar-refractivity contribution in [3.63, 3.8) is 0 Å². The SMILES string of the molecule is S=c1[nH]c2cc(Cl)ccc2n1C1CC1. The molecule has 0 atom stereocenters. The van der Waals surface area contributed by atoms with E-state index in [1.165, 1.54) is 18.4 Å². The zero-order valence-corrected chi connectivity index (χ0v) is 9.03. The molecule has 3 rings (SSSR count). The molecule has 1 aliphatic rings. The maximum atomic E-state index is 5.91. The number of hydrogen-bond donors (Lipinski definition) is 1. The summed E-state index contributed by atoms with van der Waals surface area (Å²) in [6, 6.07) is 6.47. The largest absolute Gasteiger partial charge is 0.331 e. The van der Waals surface area contributed by atoms with E-state index in [2.05, 4.69) is 9.55 Å². The molecule has 1 aromatic carbocycles. The summed E-state index contributed by atoms with van der Waals surface area (Å²) >= 11 is 11.2. The topological polar surface area (TPSA) is 20.7 Å². The van der Waals surface area contributed by atoms with Gasteiger partial charge in [0.2, 0.25) is 0 Å². The van der Waals surface area contributed by atoms with Crippen LogP contribution < -0.4 is 0 Å². The van der Waals surface area contributed by atoms with Gasteiger partial charge in [-0.05, 0) is 43.3 Å². The van der Waals surface area contributed by atoms with Crippen LogP contribution in [0.15, 0.2) is 18.2 Å². The lowest BCUT2D eigenvalue weighted by molar-refractivity contribution is 0.753. The minimum Gasteiger partial charge on any atom is -0.331 e. The van der Waals surface area contributed by atoms with Gasteiger partial charge in [0.25, 0.3) is 0 Å². The van der Waals surface area contributed by atoms with Crippen LogP contribution in [0.4, 0.5) is 0 Å². The number of halogens is 1. The maximum Gasteiger partial charge on any atom is 0.178 e. The summed E-state index contributed by atoms with van der Waals surface area (Å²) in [6.07, 6.45) is 2.48. The summed E-state index contributed by atoms with van der Waals surface area (Å²) in [7, 11) is 0. The molecule has 2 aromatic rings. The van der Waals surface area contributed by atoms with Crippen molar-refractivity contribution in [2.45, 2.75) is 18.9 Å². The zero-order chi connectivity index (χ0) is 9.71. The van der Waals surface area contributed by atoms with Crippen molar-refractivity contribution >= 4 is 34.9 Å². The lowest BCUT2D eigenvalue weighted by atomic mass is 10.3. The van der Waals surface area contributed by atoms with Gasteiger partial charge in [-0.3, -0.25) is 0 Å². The average Bonchev–Trinajstić information content (AvgIpc) is 2.89. The Balaban J connectivity index is 2.37. The molecule has 0 spiro atoms. The number of aromatic amines is 1. The molecule has 1 fully saturated rings. The van der Waals surface area contributed by atoms with Gasteiger partial charge >= 0.3 is 0 Å². The van der Waals surface area contributed by atoms with E-state index in [9.17, 15) is 0 Å². The molecule has 0 radical (unpaired) electrons. The third kappa shape index (κ3) is 1.20. The lowest BCUT2D eigenvalue weighted by Crippen LogP contribution is -1.92. The number of imidazole rings is 1. The number of H-pyrrole nitrogens is 1. The van der Waals surface area contributed by atoms with Gasteiger partial charge in [0.05, 0.1) is 11.0 Å². The van der Waals surface area contributed by atoms with Gasteiger partial charge < -0.3 is 9.55 Å². The molecule has 1 saturated carbocycles. The van der Waals surface area contributed by atoms with Gasteiger partial charge in [-0.25, -0.2) is 0 Å². The summed E-state index contributed by atoms with van der Waals surface area (Å²) in [4.78, 5) is 3.18. The first kappa shape index (κ1) is 8.50. The summed E-state index contributed by atoms with van der Waals surface area (Å²) < 4.78 is 3.01. The number of rotatable bonds is 1. The zero-order valence-electron chi connectivity index (χ0n) is 7.46. The van der Waals surface area contributed by atoms with E-state index >= 15 is 0 Å². The summed E-state index contributed by atoms with van der Waals surface area (Å²) in [5.74, 6) is 0. The van der Waals surface area contributed by atoms with Gasteiger partial charge in [-0.1, -0.05) is 11.6 Å². The molecule has 4 heteroatoms. The van der Waals surface area contributed by atoms with Crippen LogP contribution in [0.3, 0.4) is 0 Å². The van der Waals surface area contributed by atoms with Gasteiger partial charge in [0.1, 0.15) is 0 Å². The molecule has 72 valence electrons. The molecule has 0 aliphatic heterocycles. The Morgan fingerprint density at radius 2 is 2.21 bits per heavy atom. The average molecular weight is 225 g/mol. The normalized spacial score (nSPS) is 16.4. The third-order valence-corrected chi connectivity index (χ3v) is 3.12. The molecule has 1 N–H and O–H groups in total. The molecule has 1 heterocycles. The van der Waals surface area contributed by atoms with Crippen molar-refractivity contribution in [3.05, 3.63) is 28.0 Å². The van der Waals surface area contributed by atoms with E-state index in [0.29, 0.717) is 6.04 Å². The molecule has 0 saturated heterocycles. The smallest absolute Gasteiger partial charge is 0.178 e. The molecule has 2 nitrogen and oxygen atoms in total. The number of nitrogens with zero attached hydrogens (tertiary/aromatic N) is 1. The van der Waals surface area contributed by atoms with Crippen LogP contribution in [0.25, 0.3) is 11.0 Å². The van der Waals surface area contributed by atoms with Gasteiger partial charge in [0.15, 0.2) is 4.77 Å². The minimum atomic E-state index is 0.609. The second-order valence-electron chi connectivity index (χ2n) is 3.69. The fraction of sp³-hybridized carbons (Fsp3) is 0.300. The van der Waals surface area contributed by atoms with Crippen LogP contribution in [0.2, 0.25) is 5.02 Å². The molecule has 0 amide bonds. The van der Waals surface area contributed by atoms with E-state index < -0.39 is 0 Å². The van der Waals surface area contributed by atoms with Gasteiger partial charge in [-0.15, -0.1) is 0 Å². The maximum absolute atomic E-state index is 5.91. The minimum absolute atomic E-state index is 0.609. The van der Waals surface area contributed by atoms with Crippen LogP contribution in [0.1, 0.15) is 18.9 Å². The first-order chi connectivity index (χ1) is 6.75. The first-order valence-electron chi connectivity index (χ1n) is 4.65. The van der Waals surface area contributed by atoms with Crippen LogP contribution >= 0.6 is 23.8 Å². The van der Waals surface area contributed by atoms with E-state index in [1.54, 1.807) is 0 Å². The fourth-order valence-corrected chi connectivity index (χ4v) is 2.33. The number of hydrogen-bond acceptors (Lipinski definition) is 1. The molecular weight excluding hydrogens is 216 g/mol. The van der Waals surface area contributed by atoms with Crippen molar-refractivity contribution in [1.82, 2.24) is 9.55 Å². The molecular formula is C10H9ClN2S. The Kier molecular flexibility index (Phi) is 1.73. The summed E-state index contributed by atoms with van der Waals surface area (Å²) in [6.45, 7) is 0. The van der Waals surface area contributed by atoms with E-state index in [-0.39, 0.29) is 0 Å². The van der Waals surface area contributed by atoms with Crippen molar-refractivity contribution in [2.75, 3.05) is 0 Å². The summed E-state index contributed by atoms with van der Waals surface area (Å²) in [5, 5.41) is 0.747. The van der Waals surface area contributed by atoms with Crippen LogP contribution in [0.5, 0.6) is 0 Å². The third-order valence-electron chi connectivity index (χ3n) is 2.59. The Bertz CT molecular complexity index is 551. The van der Waals surface area contributed by atoms with E-state index in [1.807, 2.05) is 18.2 Å². The van der Waals surface area contributed by atoms with Crippen LogP contribution in [-0.2, 0) is 0 Å². The standard InChI is InChI=1S/C10H9ClN2S/c11-6-1-4-9-8(5-6)12-10(14)13(9)7-2-3-7/h1,4-5,7H,2-3H2,(H,12,14). The lowest BCUT2D eigenvalue weighted by Gasteiger charge is -2.00. The quantitative estimate of drug-likeness (QED) is 0.733. The Hall–Kier alpha value is -0.800. The molecule has 1 aromatic heterocycles. The highest BCUT2D eigenvalue weighted by Gasteiger charge is 2.25. The number of fused-ring (bicyclic) bond motifs is 1. The van der Waals surface area contributed by atoms with Crippen molar-refractivity contribution < 1.29 is 0 Å². The van der Waals surface area contributed by atoms with Crippen LogP contribution in [0, 0.1) is 4.77 Å². The molecule has 0 unspecified atom stereocenters. The second kappa shape index (κ2) is 2.84. The second-order valence-corrected chi connectivity index (χ2v) is 4.52. The van der Waals surface area contributed by atoms with Crippen LogP contribution in [-0.4, -0.2) is 9.55 Å². The van der Waals surface area contributed by atoms with Gasteiger partial charge in [0, 0.05) is 11.1 Å². The highest BCUT2D eigenvalue weighted by molar-refractivity contribution is 7.71. The van der Waals surface area contributed by atoms with Crippen molar-refractivity contribution in [3.8, 4) is 0 Å². The molecule has 1 aliphatic carbocycles. The van der Waals surface area contributed by atoms with Crippen molar-refractivity contribution in [2.24, 2.45) is 0 Å². The van der Waals surface area contributed by atoms with Crippen molar-refractivity contribution in [1.29, 1.82) is 0 Å². The Morgan fingerprint density at radius 3 is 2.93 bits per heavy atom. The predicted octanol–water partition coefficient (Wildman–Crippen LogP) is 3.69. The fourth-order valence-electron chi connectivity index (χ4n) is 1.80. The number of benzene rings is 1. The number of nitrogens with one attached hydrogen (secondary N) is 1. The Morgan fingerprint density at radius 1 is 1.43 bits per heavy atom. The number of aromatic nitrogens is 2. The first-order valence-corrected chi connectivity index (χ1v) is 5.44. The highest BCUT2D eigenvalue weighted by atomic mass is 35.5. The van der Waals surface area contributed by atoms with Gasteiger partial charge in [-0.2, -0.15) is 0 Å². The van der Waals surface area contributed by atoms with E-state index in [4.69, 9.17) is 23.8 Å². The molecule has 0 bridgehead atoms. The summed E-state index contributed by atoms with van der Waals surface area (Å²) in [5.41, 5.74) is 2.20. The van der Waals surface area contributed by atoms with E-state index in [0.717, 1.165) is 15.3 Å². The molecule has 14 heavy (non-hydrogen) atoms. The highest BCUT2D eigenvalue weighted by Crippen LogP contribution is 2.37. The predicted molar refractivity (Wildman–Crippen MR) is 60.4 cm³/mol.